The van der Waals surface area contributed by atoms with E-state index in [4.69, 9.17) is 10.5 Å². The van der Waals surface area contributed by atoms with Crippen LogP contribution in [0.4, 0.5) is 5.69 Å². The van der Waals surface area contributed by atoms with Crippen LogP contribution in [0.2, 0.25) is 0 Å². The number of nitrogens with two attached hydrogens (primary N) is 1. The summed E-state index contributed by atoms with van der Waals surface area (Å²) < 4.78 is 5.20. The lowest BCUT2D eigenvalue weighted by Gasteiger charge is -2.10. The molecule has 3 N–H and O–H groups in total. The average molecular weight is 221 g/mol. The molecule has 2 unspecified atom stereocenters. The van der Waals surface area contributed by atoms with Crippen LogP contribution in [0.1, 0.15) is 16.8 Å². The molecule has 16 heavy (non-hydrogen) atoms. The van der Waals surface area contributed by atoms with Gasteiger partial charge in [0, 0.05) is 31.7 Å². The van der Waals surface area contributed by atoms with E-state index >= 15 is 0 Å². The maximum atomic E-state index is 12.1. The number of ketones is 1. The fourth-order valence-corrected chi connectivity index (χ4v) is 1.88. The monoisotopic (exact) mass is 221 g/mol. The van der Waals surface area contributed by atoms with Crippen molar-refractivity contribution in [3.05, 3.63) is 24.0 Å². The first kappa shape index (κ1) is 11.0. The van der Waals surface area contributed by atoms with E-state index in [-0.39, 0.29) is 17.9 Å². The van der Waals surface area contributed by atoms with Gasteiger partial charge in [-0.15, -0.1) is 0 Å². The van der Waals surface area contributed by atoms with Crippen LogP contribution in [0, 0.1) is 0 Å². The molecule has 0 saturated carbocycles. The molecule has 0 amide bonds. The van der Waals surface area contributed by atoms with E-state index in [0.717, 1.165) is 0 Å². The van der Waals surface area contributed by atoms with Crippen LogP contribution in [0.5, 0.6) is 0 Å². The van der Waals surface area contributed by atoms with Crippen molar-refractivity contribution in [1.82, 2.24) is 10.3 Å². The average Bonchev–Trinajstić information content (AvgIpc) is 2.77. The van der Waals surface area contributed by atoms with Crippen LogP contribution in [0.25, 0.3) is 0 Å². The summed E-state index contributed by atoms with van der Waals surface area (Å²) in [7, 11) is 1.65. The van der Waals surface area contributed by atoms with E-state index in [1.165, 1.54) is 6.20 Å². The van der Waals surface area contributed by atoms with Gasteiger partial charge in [-0.25, -0.2) is 0 Å². The Kier molecular flexibility index (Phi) is 3.17. The Bertz CT molecular complexity index is 395. The number of nitrogens with zero attached hydrogens (tertiary/aromatic N) is 1. The van der Waals surface area contributed by atoms with Gasteiger partial charge in [0.15, 0.2) is 5.78 Å². The van der Waals surface area contributed by atoms with Crippen LogP contribution >= 0.6 is 0 Å². The molecule has 1 fully saturated rings. The number of carbonyl (C=O) groups excluding carboxylic acids is 1. The SMILES string of the molecule is COC1CNC(C(=O)c2cnccc2N)C1. The van der Waals surface area contributed by atoms with Crippen molar-refractivity contribution in [1.29, 1.82) is 0 Å². The molecule has 0 radical (unpaired) electrons. The van der Waals surface area contributed by atoms with Gasteiger partial charge in [-0.2, -0.15) is 0 Å². The van der Waals surface area contributed by atoms with Crippen molar-refractivity contribution in [3.8, 4) is 0 Å². The lowest BCUT2D eigenvalue weighted by molar-refractivity contribution is 0.0919. The largest absolute Gasteiger partial charge is 0.398 e. The maximum absolute atomic E-state index is 12.1. The Labute approximate surface area is 94.0 Å². The van der Waals surface area contributed by atoms with Gasteiger partial charge in [0.1, 0.15) is 0 Å². The Balaban J connectivity index is 2.12. The lowest BCUT2D eigenvalue weighted by Crippen LogP contribution is -2.31. The number of ether oxygens (including phenoxy) is 1. The molecule has 1 saturated heterocycles. The molecule has 1 aromatic heterocycles. The first-order valence-electron chi connectivity index (χ1n) is 5.22. The fourth-order valence-electron chi connectivity index (χ4n) is 1.88. The number of hydrogen-bond donors (Lipinski definition) is 2. The first-order chi connectivity index (χ1) is 7.72. The van der Waals surface area contributed by atoms with E-state index in [0.29, 0.717) is 24.2 Å². The summed E-state index contributed by atoms with van der Waals surface area (Å²) in [5.41, 5.74) is 6.69. The molecule has 1 aliphatic rings. The number of hydrogen-bond acceptors (Lipinski definition) is 5. The van der Waals surface area contributed by atoms with Gasteiger partial charge in [-0.1, -0.05) is 0 Å². The van der Waals surface area contributed by atoms with Crippen molar-refractivity contribution < 1.29 is 9.53 Å². The molecule has 5 heteroatoms. The minimum atomic E-state index is -0.212. The smallest absolute Gasteiger partial charge is 0.183 e. The molecular formula is C11H15N3O2. The summed E-state index contributed by atoms with van der Waals surface area (Å²) in [6, 6.07) is 1.42. The highest BCUT2D eigenvalue weighted by Crippen LogP contribution is 2.17. The third-order valence-corrected chi connectivity index (χ3v) is 2.86. The van der Waals surface area contributed by atoms with Crippen LogP contribution in [0.3, 0.4) is 0 Å². The van der Waals surface area contributed by atoms with Gasteiger partial charge >= 0.3 is 0 Å². The minimum Gasteiger partial charge on any atom is -0.398 e. The van der Waals surface area contributed by atoms with Crippen molar-refractivity contribution in [2.45, 2.75) is 18.6 Å². The van der Waals surface area contributed by atoms with Gasteiger partial charge in [0.25, 0.3) is 0 Å². The molecule has 0 bridgehead atoms. The Morgan fingerprint density at radius 1 is 1.69 bits per heavy atom. The molecule has 5 nitrogen and oxygen atoms in total. The second-order valence-corrected chi connectivity index (χ2v) is 3.88. The lowest BCUT2D eigenvalue weighted by atomic mass is 10.0. The number of aromatic nitrogens is 1. The molecule has 1 aliphatic heterocycles. The Morgan fingerprint density at radius 2 is 2.50 bits per heavy atom. The van der Waals surface area contributed by atoms with Crippen LogP contribution in [0.15, 0.2) is 18.5 Å². The van der Waals surface area contributed by atoms with Gasteiger partial charge in [0.05, 0.1) is 17.7 Å². The summed E-state index contributed by atoms with van der Waals surface area (Å²) in [6.07, 6.45) is 3.88. The third-order valence-electron chi connectivity index (χ3n) is 2.86. The quantitative estimate of drug-likeness (QED) is 0.714. The van der Waals surface area contributed by atoms with E-state index in [1.54, 1.807) is 19.4 Å². The number of pyridine rings is 1. The third kappa shape index (κ3) is 2.05. The van der Waals surface area contributed by atoms with E-state index in [2.05, 4.69) is 10.3 Å². The topological polar surface area (TPSA) is 77.2 Å². The van der Waals surface area contributed by atoms with Gasteiger partial charge in [-0.3, -0.25) is 9.78 Å². The summed E-state index contributed by atoms with van der Waals surface area (Å²) in [6.45, 7) is 0.701. The molecule has 0 spiro atoms. The number of Topliss-reactive ketones (excluding diaryl/α,β-unsaturated/α-hetero) is 1. The first-order valence-corrected chi connectivity index (χ1v) is 5.22. The van der Waals surface area contributed by atoms with Gasteiger partial charge in [-0.05, 0) is 12.5 Å². The zero-order valence-electron chi connectivity index (χ0n) is 9.14. The van der Waals surface area contributed by atoms with E-state index in [9.17, 15) is 4.79 Å². The molecule has 0 aliphatic carbocycles. The van der Waals surface area contributed by atoms with Gasteiger partial charge < -0.3 is 15.8 Å². The normalized spacial score (nSPS) is 24.6. The molecule has 86 valence electrons. The number of anilines is 1. The predicted octanol–water partition coefficient (Wildman–Crippen LogP) is 0.223. The fraction of sp³-hybridized carbons (Fsp3) is 0.455. The second kappa shape index (κ2) is 4.59. The number of carbonyl (C=O) groups is 1. The minimum absolute atomic E-state index is 0.00912. The Morgan fingerprint density at radius 3 is 3.12 bits per heavy atom. The van der Waals surface area contributed by atoms with Gasteiger partial charge in [0.2, 0.25) is 0 Å². The molecule has 2 heterocycles. The van der Waals surface area contributed by atoms with Crippen molar-refractivity contribution >= 4 is 11.5 Å². The predicted molar refractivity (Wildman–Crippen MR) is 60.2 cm³/mol. The molecule has 2 rings (SSSR count). The van der Waals surface area contributed by atoms with Crippen LogP contribution in [-0.4, -0.2) is 36.6 Å². The maximum Gasteiger partial charge on any atom is 0.183 e. The van der Waals surface area contributed by atoms with Crippen molar-refractivity contribution in [2.75, 3.05) is 19.4 Å². The summed E-state index contributed by atoms with van der Waals surface area (Å²) in [5.74, 6) is -0.00912. The molecule has 2 atom stereocenters. The highest BCUT2D eigenvalue weighted by Gasteiger charge is 2.30. The van der Waals surface area contributed by atoms with Crippen molar-refractivity contribution in [2.24, 2.45) is 0 Å². The number of rotatable bonds is 3. The molecule has 0 aromatic carbocycles. The highest BCUT2D eigenvalue weighted by molar-refractivity contribution is 6.04. The molecule has 1 aromatic rings. The van der Waals surface area contributed by atoms with Crippen LogP contribution < -0.4 is 11.1 Å². The van der Waals surface area contributed by atoms with E-state index in [1.807, 2.05) is 0 Å². The zero-order valence-corrected chi connectivity index (χ0v) is 9.14. The standard InChI is InChI=1S/C11H15N3O2/c1-16-7-4-10(14-5-7)11(15)8-6-13-3-2-9(8)12/h2-3,6-7,10,14H,4-5H2,1H3,(H2,12,13). The zero-order chi connectivity index (χ0) is 11.5. The number of nitrogens with one attached hydrogen (secondary N) is 1. The van der Waals surface area contributed by atoms with Crippen molar-refractivity contribution in [3.63, 3.8) is 0 Å². The van der Waals surface area contributed by atoms with Crippen LogP contribution in [-0.2, 0) is 4.74 Å². The summed E-state index contributed by atoms with van der Waals surface area (Å²) in [4.78, 5) is 16.0. The van der Waals surface area contributed by atoms with E-state index < -0.39 is 0 Å². The number of nitrogen functional groups attached to an aromatic ring is 1. The summed E-state index contributed by atoms with van der Waals surface area (Å²) in [5, 5.41) is 3.13. The Hall–Kier alpha value is -1.46. The summed E-state index contributed by atoms with van der Waals surface area (Å²) >= 11 is 0. The number of methoxy groups -OCH3 is 1. The second-order valence-electron chi connectivity index (χ2n) is 3.88. The highest BCUT2D eigenvalue weighted by atomic mass is 16.5. The molecular weight excluding hydrogens is 206 g/mol.